The molecule has 18 heavy (non-hydrogen) atoms. The number of hydrogen-bond donors (Lipinski definition) is 2. The predicted molar refractivity (Wildman–Crippen MR) is 92.1 cm³/mol. The number of guanidine groups is 1. The molecule has 1 atom stereocenters. The number of hydrogen-bond acceptors (Lipinski definition) is 2. The van der Waals surface area contributed by atoms with Gasteiger partial charge in [0.25, 0.3) is 0 Å². The highest BCUT2D eigenvalue weighted by Gasteiger charge is 2.12. The Morgan fingerprint density at radius 2 is 2.11 bits per heavy atom. The Labute approximate surface area is 130 Å². The summed E-state index contributed by atoms with van der Waals surface area (Å²) in [7, 11) is 0. The fourth-order valence-corrected chi connectivity index (χ4v) is 3.08. The Hall–Kier alpha value is -0.430. The summed E-state index contributed by atoms with van der Waals surface area (Å²) in [5.41, 5.74) is 6.84. The smallest absolute Gasteiger partial charge is 0.193 e. The highest BCUT2D eigenvalue weighted by molar-refractivity contribution is 14.0. The molecule has 1 heterocycles. The lowest BCUT2D eigenvalue weighted by Gasteiger charge is -2.19. The van der Waals surface area contributed by atoms with Gasteiger partial charge in [0, 0.05) is 10.9 Å². The van der Waals surface area contributed by atoms with Gasteiger partial charge in [0.1, 0.15) is 0 Å². The first-order chi connectivity index (χ1) is 8.34. The van der Waals surface area contributed by atoms with Gasteiger partial charge in [-0.2, -0.15) is 11.8 Å². The molecule has 1 aliphatic heterocycles. The third-order valence-electron chi connectivity index (χ3n) is 2.79. The molecule has 3 N–H and O–H groups in total. The highest BCUT2D eigenvalue weighted by Crippen LogP contribution is 2.24. The SMILES string of the molecule is I.NC(=NCC1CCCCS1)Nc1ccccc1. The predicted octanol–water partition coefficient (Wildman–Crippen LogP) is 3.32. The molecule has 1 saturated heterocycles. The summed E-state index contributed by atoms with van der Waals surface area (Å²) in [5, 5.41) is 3.75. The maximum atomic E-state index is 5.85. The Balaban J connectivity index is 0.00000162. The average molecular weight is 377 g/mol. The molecule has 100 valence electrons. The van der Waals surface area contributed by atoms with Crippen LogP contribution in [-0.4, -0.2) is 23.5 Å². The van der Waals surface area contributed by atoms with Gasteiger partial charge in [0.15, 0.2) is 5.96 Å². The summed E-state index contributed by atoms with van der Waals surface area (Å²) in [6, 6.07) is 9.91. The van der Waals surface area contributed by atoms with E-state index in [1.807, 2.05) is 42.1 Å². The minimum atomic E-state index is 0. The lowest BCUT2D eigenvalue weighted by Crippen LogP contribution is -2.24. The van der Waals surface area contributed by atoms with Gasteiger partial charge in [-0.15, -0.1) is 24.0 Å². The molecule has 0 radical (unpaired) electrons. The van der Waals surface area contributed by atoms with Crippen molar-refractivity contribution >= 4 is 47.4 Å². The summed E-state index contributed by atoms with van der Waals surface area (Å²) in [6.07, 6.45) is 3.95. The summed E-state index contributed by atoms with van der Waals surface area (Å²) in [5.74, 6) is 1.79. The maximum Gasteiger partial charge on any atom is 0.193 e. The van der Waals surface area contributed by atoms with Gasteiger partial charge in [-0.3, -0.25) is 4.99 Å². The van der Waals surface area contributed by atoms with Crippen molar-refractivity contribution in [2.24, 2.45) is 10.7 Å². The van der Waals surface area contributed by atoms with Gasteiger partial charge in [-0.05, 0) is 30.7 Å². The molecule has 1 fully saturated rings. The molecular weight excluding hydrogens is 357 g/mol. The van der Waals surface area contributed by atoms with Crippen LogP contribution in [-0.2, 0) is 0 Å². The standard InChI is InChI=1S/C13H19N3S.HI/c14-13(16-11-6-2-1-3-7-11)15-10-12-8-4-5-9-17-12;/h1-3,6-7,12H,4-5,8-10H2,(H3,14,15,16);1H. The number of nitrogens with two attached hydrogens (primary N) is 1. The van der Waals surface area contributed by atoms with E-state index in [0.29, 0.717) is 11.2 Å². The average Bonchev–Trinajstić information content (AvgIpc) is 2.39. The molecule has 0 aliphatic carbocycles. The molecule has 0 bridgehead atoms. The van der Waals surface area contributed by atoms with Crippen LogP contribution in [0.5, 0.6) is 0 Å². The van der Waals surface area contributed by atoms with E-state index >= 15 is 0 Å². The zero-order chi connectivity index (χ0) is 11.9. The lowest BCUT2D eigenvalue weighted by atomic mass is 10.2. The van der Waals surface area contributed by atoms with E-state index in [2.05, 4.69) is 10.3 Å². The van der Waals surface area contributed by atoms with E-state index in [9.17, 15) is 0 Å². The number of aliphatic imine (C=N–C) groups is 1. The zero-order valence-electron chi connectivity index (χ0n) is 10.3. The molecule has 1 aromatic rings. The van der Waals surface area contributed by atoms with E-state index in [0.717, 1.165) is 12.2 Å². The minimum absolute atomic E-state index is 0. The van der Waals surface area contributed by atoms with Crippen LogP contribution < -0.4 is 11.1 Å². The van der Waals surface area contributed by atoms with Crippen LogP contribution in [0.25, 0.3) is 0 Å². The Kier molecular flexibility index (Phi) is 7.50. The third kappa shape index (κ3) is 5.48. The molecule has 3 nitrogen and oxygen atoms in total. The van der Waals surface area contributed by atoms with Gasteiger partial charge in [-0.25, -0.2) is 0 Å². The van der Waals surface area contributed by atoms with Gasteiger partial charge in [0.2, 0.25) is 0 Å². The van der Waals surface area contributed by atoms with E-state index in [1.54, 1.807) is 0 Å². The second-order valence-corrected chi connectivity index (χ2v) is 5.61. The van der Waals surface area contributed by atoms with Crippen molar-refractivity contribution in [3.8, 4) is 0 Å². The van der Waals surface area contributed by atoms with Crippen molar-refractivity contribution in [1.82, 2.24) is 0 Å². The third-order valence-corrected chi connectivity index (χ3v) is 4.17. The Morgan fingerprint density at radius 1 is 1.33 bits per heavy atom. The Bertz CT molecular complexity index is 364. The van der Waals surface area contributed by atoms with Crippen molar-refractivity contribution in [2.75, 3.05) is 17.6 Å². The highest BCUT2D eigenvalue weighted by atomic mass is 127. The van der Waals surface area contributed by atoms with Crippen molar-refractivity contribution in [3.63, 3.8) is 0 Å². The van der Waals surface area contributed by atoms with Crippen LogP contribution in [0.1, 0.15) is 19.3 Å². The molecule has 0 saturated carbocycles. The maximum absolute atomic E-state index is 5.85. The molecule has 5 heteroatoms. The molecule has 1 aromatic carbocycles. The quantitative estimate of drug-likeness (QED) is 0.483. The monoisotopic (exact) mass is 377 g/mol. The number of benzene rings is 1. The number of anilines is 1. The summed E-state index contributed by atoms with van der Waals surface area (Å²) in [4.78, 5) is 4.41. The fraction of sp³-hybridized carbons (Fsp3) is 0.462. The van der Waals surface area contributed by atoms with E-state index < -0.39 is 0 Å². The van der Waals surface area contributed by atoms with Crippen LogP contribution in [0, 0.1) is 0 Å². The number of halogens is 1. The number of nitrogens with one attached hydrogen (secondary N) is 1. The molecule has 0 aromatic heterocycles. The van der Waals surface area contributed by atoms with E-state index in [4.69, 9.17) is 5.73 Å². The molecular formula is C13H20IN3S. The van der Waals surface area contributed by atoms with Crippen LogP contribution >= 0.6 is 35.7 Å². The molecule has 0 amide bonds. The molecule has 2 rings (SSSR count). The van der Waals surface area contributed by atoms with E-state index in [1.165, 1.54) is 25.0 Å². The summed E-state index contributed by atoms with van der Waals surface area (Å²) < 4.78 is 0. The number of thioether (sulfide) groups is 1. The number of rotatable bonds is 3. The lowest BCUT2D eigenvalue weighted by molar-refractivity contribution is 0.668. The Morgan fingerprint density at radius 3 is 2.78 bits per heavy atom. The van der Waals surface area contributed by atoms with Crippen LogP contribution in [0.4, 0.5) is 5.69 Å². The fourth-order valence-electron chi connectivity index (χ4n) is 1.86. The molecule has 0 spiro atoms. The van der Waals surface area contributed by atoms with Crippen LogP contribution in [0.3, 0.4) is 0 Å². The molecule has 1 unspecified atom stereocenters. The topological polar surface area (TPSA) is 50.4 Å². The van der Waals surface area contributed by atoms with Crippen LogP contribution in [0.2, 0.25) is 0 Å². The van der Waals surface area contributed by atoms with Gasteiger partial charge in [-0.1, -0.05) is 24.6 Å². The second kappa shape index (κ2) is 8.63. The first-order valence-electron chi connectivity index (χ1n) is 6.08. The first kappa shape index (κ1) is 15.6. The zero-order valence-corrected chi connectivity index (χ0v) is 13.5. The van der Waals surface area contributed by atoms with Crippen molar-refractivity contribution in [2.45, 2.75) is 24.5 Å². The normalized spacial score (nSPS) is 20.0. The summed E-state index contributed by atoms with van der Waals surface area (Å²) in [6.45, 7) is 0.830. The van der Waals surface area contributed by atoms with Crippen LogP contribution in [0.15, 0.2) is 35.3 Å². The number of nitrogens with zero attached hydrogens (tertiary/aromatic N) is 1. The van der Waals surface area contributed by atoms with Gasteiger partial charge >= 0.3 is 0 Å². The summed E-state index contributed by atoms with van der Waals surface area (Å²) >= 11 is 2.02. The largest absolute Gasteiger partial charge is 0.370 e. The minimum Gasteiger partial charge on any atom is -0.370 e. The first-order valence-corrected chi connectivity index (χ1v) is 7.13. The van der Waals surface area contributed by atoms with Gasteiger partial charge in [0.05, 0.1) is 6.54 Å². The van der Waals surface area contributed by atoms with Crippen molar-refractivity contribution in [1.29, 1.82) is 0 Å². The second-order valence-electron chi connectivity index (χ2n) is 4.21. The number of para-hydroxylation sites is 1. The van der Waals surface area contributed by atoms with Crippen molar-refractivity contribution in [3.05, 3.63) is 30.3 Å². The van der Waals surface area contributed by atoms with Crippen molar-refractivity contribution < 1.29 is 0 Å². The van der Waals surface area contributed by atoms with E-state index in [-0.39, 0.29) is 24.0 Å². The van der Waals surface area contributed by atoms with Gasteiger partial charge < -0.3 is 11.1 Å². The molecule has 1 aliphatic rings.